The van der Waals surface area contributed by atoms with Crippen molar-refractivity contribution in [1.82, 2.24) is 19.6 Å². The molecule has 0 aliphatic rings. The number of aromatic nitrogens is 4. The van der Waals surface area contributed by atoms with Crippen molar-refractivity contribution in [3.63, 3.8) is 0 Å². The van der Waals surface area contributed by atoms with E-state index in [2.05, 4.69) is 26.1 Å². The van der Waals surface area contributed by atoms with Gasteiger partial charge in [-0.2, -0.15) is 10.2 Å². The molecule has 0 aliphatic carbocycles. The van der Waals surface area contributed by atoms with Crippen LogP contribution in [0.25, 0.3) is 0 Å². The highest BCUT2D eigenvalue weighted by molar-refractivity contribution is 9.10. The van der Waals surface area contributed by atoms with Gasteiger partial charge in [0.15, 0.2) is 0 Å². The zero-order valence-corrected chi connectivity index (χ0v) is 12.6. The molecule has 0 amide bonds. The molecule has 1 N–H and O–H groups in total. The number of hydrogen-bond donors (Lipinski definition) is 1. The molecule has 0 aromatic carbocycles. The molecule has 0 unspecified atom stereocenters. The lowest BCUT2D eigenvalue weighted by Crippen LogP contribution is -2.09. The number of aromatic carboxylic acids is 1. The second kappa shape index (κ2) is 5.16. The van der Waals surface area contributed by atoms with Gasteiger partial charge < -0.3 is 5.11 Å². The third kappa shape index (κ3) is 2.56. The highest BCUT2D eigenvalue weighted by Crippen LogP contribution is 2.22. The van der Waals surface area contributed by atoms with Crippen molar-refractivity contribution >= 4 is 21.9 Å². The molecule has 2 aromatic heterocycles. The Labute approximate surface area is 119 Å². The van der Waals surface area contributed by atoms with Crippen molar-refractivity contribution in [2.45, 2.75) is 33.9 Å². The predicted octanol–water partition coefficient (Wildman–Crippen LogP) is 2.23. The van der Waals surface area contributed by atoms with Crippen LogP contribution < -0.4 is 0 Å². The number of carboxylic acid groups (broad SMARTS) is 1. The molecule has 0 bridgehead atoms. The fraction of sp³-hybridized carbons (Fsp3) is 0.417. The normalized spacial score (nSPS) is 10.9. The lowest BCUT2D eigenvalue weighted by molar-refractivity contribution is 0.0696. The number of carbonyl (C=O) groups is 1. The van der Waals surface area contributed by atoms with Crippen molar-refractivity contribution in [3.05, 3.63) is 33.3 Å². The van der Waals surface area contributed by atoms with Crippen LogP contribution in [0.2, 0.25) is 0 Å². The molecule has 19 heavy (non-hydrogen) atoms. The van der Waals surface area contributed by atoms with Gasteiger partial charge in [0.1, 0.15) is 5.56 Å². The Bertz CT molecular complexity index is 630. The van der Waals surface area contributed by atoms with Crippen LogP contribution in [0.1, 0.15) is 34.4 Å². The standard InChI is InChI=1S/C12H15BrN4O2/c1-4-17-10(11(13)8(3)15-17)6-16-5-9(12(18)19)7(2)14-16/h5H,4,6H2,1-3H3,(H,18,19). The first-order valence-corrected chi connectivity index (χ1v) is 6.72. The van der Waals surface area contributed by atoms with Crippen LogP contribution in [0.15, 0.2) is 10.7 Å². The minimum atomic E-state index is -0.956. The lowest BCUT2D eigenvalue weighted by atomic mass is 10.3. The number of hydrogen-bond acceptors (Lipinski definition) is 3. The van der Waals surface area contributed by atoms with Crippen molar-refractivity contribution < 1.29 is 9.90 Å². The molecule has 2 rings (SSSR count). The molecule has 0 atom stereocenters. The van der Waals surface area contributed by atoms with Crippen molar-refractivity contribution in [2.75, 3.05) is 0 Å². The molecule has 2 heterocycles. The maximum atomic E-state index is 11.0. The zero-order valence-electron chi connectivity index (χ0n) is 11.0. The van der Waals surface area contributed by atoms with Crippen LogP contribution in [0, 0.1) is 13.8 Å². The van der Waals surface area contributed by atoms with Crippen LogP contribution in [0.3, 0.4) is 0 Å². The molecule has 0 radical (unpaired) electrons. The minimum absolute atomic E-state index is 0.232. The first kappa shape index (κ1) is 13.8. The first-order valence-electron chi connectivity index (χ1n) is 5.93. The van der Waals surface area contributed by atoms with E-state index in [1.807, 2.05) is 18.5 Å². The highest BCUT2D eigenvalue weighted by atomic mass is 79.9. The summed E-state index contributed by atoms with van der Waals surface area (Å²) in [6.07, 6.45) is 1.55. The summed E-state index contributed by atoms with van der Waals surface area (Å²) in [4.78, 5) is 11.0. The summed E-state index contributed by atoms with van der Waals surface area (Å²) in [5.41, 5.74) is 2.65. The summed E-state index contributed by atoms with van der Waals surface area (Å²) in [6, 6.07) is 0. The van der Waals surface area contributed by atoms with Crippen LogP contribution in [0.5, 0.6) is 0 Å². The van der Waals surface area contributed by atoms with Crippen LogP contribution in [0.4, 0.5) is 0 Å². The summed E-state index contributed by atoms with van der Waals surface area (Å²) >= 11 is 3.51. The van der Waals surface area contributed by atoms with E-state index in [9.17, 15) is 4.79 Å². The van der Waals surface area contributed by atoms with Gasteiger partial charge in [0.25, 0.3) is 0 Å². The Morgan fingerprint density at radius 3 is 2.58 bits per heavy atom. The smallest absolute Gasteiger partial charge is 0.339 e. The fourth-order valence-electron chi connectivity index (χ4n) is 1.98. The van der Waals surface area contributed by atoms with E-state index in [4.69, 9.17) is 5.11 Å². The first-order chi connectivity index (χ1) is 8.93. The quantitative estimate of drug-likeness (QED) is 0.935. The molecule has 102 valence electrons. The van der Waals surface area contributed by atoms with Gasteiger partial charge in [0.2, 0.25) is 0 Å². The Hall–Kier alpha value is -1.63. The monoisotopic (exact) mass is 326 g/mol. The molecular weight excluding hydrogens is 312 g/mol. The maximum Gasteiger partial charge on any atom is 0.339 e. The molecule has 7 heteroatoms. The summed E-state index contributed by atoms with van der Waals surface area (Å²) in [7, 11) is 0. The molecule has 2 aromatic rings. The molecular formula is C12H15BrN4O2. The summed E-state index contributed by atoms with van der Waals surface area (Å²) in [5.74, 6) is -0.956. The van der Waals surface area contributed by atoms with E-state index in [1.54, 1.807) is 17.8 Å². The van der Waals surface area contributed by atoms with Gasteiger partial charge in [-0.3, -0.25) is 9.36 Å². The Morgan fingerprint density at radius 2 is 2.05 bits per heavy atom. The summed E-state index contributed by atoms with van der Waals surface area (Å²) < 4.78 is 4.46. The van der Waals surface area contributed by atoms with Crippen molar-refractivity contribution in [1.29, 1.82) is 0 Å². The Morgan fingerprint density at radius 1 is 1.37 bits per heavy atom. The molecule has 0 saturated heterocycles. The van der Waals surface area contributed by atoms with Gasteiger partial charge >= 0.3 is 5.97 Å². The summed E-state index contributed by atoms with van der Waals surface area (Å²) in [6.45, 7) is 6.88. The topological polar surface area (TPSA) is 72.9 Å². The van der Waals surface area contributed by atoms with Gasteiger partial charge in [-0.15, -0.1) is 0 Å². The van der Waals surface area contributed by atoms with E-state index < -0.39 is 5.97 Å². The predicted molar refractivity (Wildman–Crippen MR) is 73.4 cm³/mol. The van der Waals surface area contributed by atoms with E-state index >= 15 is 0 Å². The number of aryl methyl sites for hydroxylation is 3. The summed E-state index contributed by atoms with van der Waals surface area (Å²) in [5, 5.41) is 17.7. The Kier molecular flexibility index (Phi) is 3.75. The molecule has 0 spiro atoms. The van der Waals surface area contributed by atoms with Gasteiger partial charge in [0.05, 0.1) is 28.1 Å². The molecule has 6 nitrogen and oxygen atoms in total. The number of halogens is 1. The van der Waals surface area contributed by atoms with E-state index in [0.717, 1.165) is 22.4 Å². The zero-order chi connectivity index (χ0) is 14.2. The highest BCUT2D eigenvalue weighted by Gasteiger charge is 2.16. The second-order valence-electron chi connectivity index (χ2n) is 4.29. The second-order valence-corrected chi connectivity index (χ2v) is 5.09. The number of rotatable bonds is 4. The average Bonchev–Trinajstić information content (AvgIpc) is 2.84. The molecule has 0 aliphatic heterocycles. The fourth-order valence-corrected chi connectivity index (χ4v) is 2.39. The van der Waals surface area contributed by atoms with Crippen LogP contribution >= 0.6 is 15.9 Å². The molecule has 0 fully saturated rings. The van der Waals surface area contributed by atoms with Crippen LogP contribution in [-0.4, -0.2) is 30.6 Å². The van der Waals surface area contributed by atoms with Gasteiger partial charge in [-0.25, -0.2) is 4.79 Å². The number of nitrogens with zero attached hydrogens (tertiary/aromatic N) is 4. The third-order valence-electron chi connectivity index (χ3n) is 2.94. The lowest BCUT2D eigenvalue weighted by Gasteiger charge is -2.05. The van der Waals surface area contributed by atoms with E-state index in [1.165, 1.54) is 0 Å². The molecule has 0 saturated carbocycles. The van der Waals surface area contributed by atoms with Gasteiger partial charge in [-0.1, -0.05) is 0 Å². The van der Waals surface area contributed by atoms with E-state index in [0.29, 0.717) is 12.2 Å². The Balaban J connectivity index is 2.36. The largest absolute Gasteiger partial charge is 0.478 e. The van der Waals surface area contributed by atoms with Gasteiger partial charge in [0, 0.05) is 12.7 Å². The average molecular weight is 327 g/mol. The SMILES string of the molecule is CCn1nc(C)c(Br)c1Cn1cc(C(=O)O)c(C)n1. The number of carboxylic acids is 1. The minimum Gasteiger partial charge on any atom is -0.478 e. The third-order valence-corrected chi connectivity index (χ3v) is 3.97. The van der Waals surface area contributed by atoms with Crippen LogP contribution in [-0.2, 0) is 13.1 Å². The van der Waals surface area contributed by atoms with E-state index in [-0.39, 0.29) is 5.56 Å². The van der Waals surface area contributed by atoms with Crippen molar-refractivity contribution in [2.24, 2.45) is 0 Å². The van der Waals surface area contributed by atoms with Gasteiger partial charge in [-0.05, 0) is 36.7 Å². The maximum absolute atomic E-state index is 11.0. The van der Waals surface area contributed by atoms with Crippen molar-refractivity contribution in [3.8, 4) is 0 Å².